The fourth-order valence-electron chi connectivity index (χ4n) is 1.55. The monoisotopic (exact) mass is 526 g/mol. The number of rotatable bonds is 18. The van der Waals surface area contributed by atoms with E-state index in [1.165, 1.54) is 75.7 Å². The van der Waals surface area contributed by atoms with Crippen molar-refractivity contribution < 1.29 is 37.0 Å². The van der Waals surface area contributed by atoms with Gasteiger partial charge in [-0.05, 0) is 12.8 Å². The Kier molecular flexibility index (Phi) is 32.0. The lowest BCUT2D eigenvalue weighted by atomic mass is 10.2. The number of phosphoric acid groups is 2. The Morgan fingerprint density at radius 3 is 1.23 bits per heavy atom. The molecule has 0 aliphatic carbocycles. The van der Waals surface area contributed by atoms with Crippen molar-refractivity contribution in [2.75, 3.05) is 32.5 Å². The lowest BCUT2D eigenvalue weighted by Gasteiger charge is -2.24. The summed E-state index contributed by atoms with van der Waals surface area (Å²) >= 11 is 0. The van der Waals surface area contributed by atoms with E-state index in [1.807, 2.05) is 0 Å². The van der Waals surface area contributed by atoms with Crippen LogP contribution in [0.5, 0.6) is 0 Å². The molecule has 0 saturated heterocycles. The van der Waals surface area contributed by atoms with E-state index >= 15 is 0 Å². The van der Waals surface area contributed by atoms with Crippen molar-refractivity contribution in [1.82, 2.24) is 0 Å². The molecule has 12 heteroatoms. The zero-order valence-electron chi connectivity index (χ0n) is 20.2. The molecule has 0 rings (SSSR count). The second kappa shape index (κ2) is 27.2. The molecule has 0 aromatic carbocycles. The molecule has 0 spiro atoms. The molecular formula is C19H44O8P2S2-2. The third kappa shape index (κ3) is 35.7. The van der Waals surface area contributed by atoms with Crippen LogP contribution < -0.4 is 9.79 Å². The number of unbranched alkanes of at least 4 members (excludes halogenated alkanes) is 7. The summed E-state index contributed by atoms with van der Waals surface area (Å²) in [5.41, 5.74) is 0. The molecule has 0 amide bonds. The van der Waals surface area contributed by atoms with Gasteiger partial charge >= 0.3 is 0 Å². The third-order valence-corrected chi connectivity index (χ3v) is 7.93. The molecule has 192 valence electrons. The van der Waals surface area contributed by atoms with Gasteiger partial charge in [-0.15, -0.1) is 0 Å². The minimum Gasteiger partial charge on any atom is -0.756 e. The first-order chi connectivity index (χ1) is 14.7. The van der Waals surface area contributed by atoms with Gasteiger partial charge in [-0.2, -0.15) is 0 Å². The third-order valence-electron chi connectivity index (χ3n) is 3.61. The van der Waals surface area contributed by atoms with Crippen LogP contribution in [0.15, 0.2) is 0 Å². The van der Waals surface area contributed by atoms with Crippen LogP contribution in [-0.2, 0) is 27.2 Å². The van der Waals surface area contributed by atoms with E-state index < -0.39 is 22.4 Å². The second-order valence-corrected chi connectivity index (χ2v) is 12.1. The van der Waals surface area contributed by atoms with Crippen LogP contribution in [0.3, 0.4) is 0 Å². The van der Waals surface area contributed by atoms with Crippen molar-refractivity contribution in [1.29, 1.82) is 0 Å². The summed E-state index contributed by atoms with van der Waals surface area (Å²) < 4.78 is 36.4. The molecule has 0 aromatic rings. The Morgan fingerprint density at radius 2 is 0.968 bits per heavy atom. The number of hydrogen-bond acceptors (Lipinski definition) is 10. The average molecular weight is 527 g/mol. The summed E-state index contributed by atoms with van der Waals surface area (Å²) in [6.07, 6.45) is 13.9. The van der Waals surface area contributed by atoms with Gasteiger partial charge in [-0.25, -0.2) is 0 Å². The summed E-state index contributed by atoms with van der Waals surface area (Å²) in [4.78, 5) is 20.9. The van der Waals surface area contributed by atoms with Gasteiger partial charge in [-0.3, -0.25) is 18.2 Å². The molecule has 0 N–H and O–H groups in total. The SMILES string of the molecule is CCCC.CCCCCCSSCCCCCC.COP(=O)([O-])OCOP(=O)([O-])OC. The summed E-state index contributed by atoms with van der Waals surface area (Å²) in [6, 6.07) is 0. The van der Waals surface area contributed by atoms with Gasteiger partial charge in [0.2, 0.25) is 0 Å². The van der Waals surface area contributed by atoms with E-state index in [0.717, 1.165) is 14.2 Å². The van der Waals surface area contributed by atoms with Crippen LogP contribution in [0.4, 0.5) is 0 Å². The lowest BCUT2D eigenvalue weighted by molar-refractivity contribution is -0.241. The van der Waals surface area contributed by atoms with Crippen molar-refractivity contribution in [2.24, 2.45) is 0 Å². The van der Waals surface area contributed by atoms with E-state index in [1.54, 1.807) is 0 Å². The van der Waals surface area contributed by atoms with Crippen LogP contribution in [0.1, 0.15) is 91.9 Å². The standard InChI is InChI=1S/C12H26S2.C4H10.C3H10O8P2/c1-3-5-7-9-11-13-14-12-10-8-6-4-2;1-3-4-2;1-8-12(4,5)10-3-11-13(6,7)9-2/h3-12H2,1-2H3;3-4H2,1-2H3;3H2,1-2H3,(H,4,5)(H,6,7)/p-2. The zero-order valence-corrected chi connectivity index (χ0v) is 23.6. The van der Waals surface area contributed by atoms with Gasteiger partial charge in [0.15, 0.2) is 6.79 Å². The smallest absolute Gasteiger partial charge is 0.269 e. The predicted molar refractivity (Wildman–Crippen MR) is 130 cm³/mol. The van der Waals surface area contributed by atoms with E-state index in [4.69, 9.17) is 0 Å². The molecule has 0 fully saturated rings. The van der Waals surface area contributed by atoms with Crippen LogP contribution in [-0.4, -0.2) is 32.5 Å². The maximum absolute atomic E-state index is 10.4. The second-order valence-electron chi connectivity index (χ2n) is 6.40. The highest BCUT2D eigenvalue weighted by atomic mass is 33.1. The first-order valence-electron chi connectivity index (χ1n) is 10.9. The van der Waals surface area contributed by atoms with Crippen molar-refractivity contribution in [3.05, 3.63) is 0 Å². The van der Waals surface area contributed by atoms with E-state index in [9.17, 15) is 18.9 Å². The van der Waals surface area contributed by atoms with Crippen molar-refractivity contribution in [3.8, 4) is 0 Å². The Morgan fingerprint density at radius 1 is 0.613 bits per heavy atom. The van der Waals surface area contributed by atoms with Crippen molar-refractivity contribution >= 4 is 37.2 Å². The highest BCUT2D eigenvalue weighted by molar-refractivity contribution is 8.76. The Balaban J connectivity index is -0.000000432. The van der Waals surface area contributed by atoms with Gasteiger partial charge in [0.25, 0.3) is 15.6 Å². The molecule has 8 nitrogen and oxygen atoms in total. The molecule has 0 aliphatic rings. The molecule has 0 radical (unpaired) electrons. The minimum absolute atomic E-state index is 0.862. The Labute approximate surface area is 198 Å². The van der Waals surface area contributed by atoms with Crippen LogP contribution in [0, 0.1) is 0 Å². The molecule has 0 heterocycles. The van der Waals surface area contributed by atoms with Crippen LogP contribution >= 0.6 is 37.2 Å². The molecule has 0 bridgehead atoms. The normalized spacial score (nSPS) is 14.5. The number of phosphoric ester groups is 2. The molecular weight excluding hydrogens is 482 g/mol. The Hall–Kier alpha value is 0.920. The fourth-order valence-corrected chi connectivity index (χ4v) is 4.50. The molecule has 0 aromatic heterocycles. The quantitative estimate of drug-likeness (QED) is 0.0843. The topological polar surface area (TPSA) is 117 Å². The maximum atomic E-state index is 10.4. The molecule has 0 aliphatic heterocycles. The maximum Gasteiger partial charge on any atom is 0.269 e. The summed E-state index contributed by atoms with van der Waals surface area (Å²) in [5.74, 6) is 2.72. The highest BCUT2D eigenvalue weighted by Gasteiger charge is 2.10. The van der Waals surface area contributed by atoms with Gasteiger partial charge in [-0.1, -0.05) is 101 Å². The van der Waals surface area contributed by atoms with Crippen LogP contribution in [0.25, 0.3) is 0 Å². The highest BCUT2D eigenvalue weighted by Crippen LogP contribution is 2.41. The Bertz CT molecular complexity index is 407. The number of hydrogen-bond donors (Lipinski definition) is 0. The lowest BCUT2D eigenvalue weighted by Crippen LogP contribution is -2.12. The predicted octanol–water partition coefficient (Wildman–Crippen LogP) is 6.54. The molecule has 2 unspecified atom stereocenters. The van der Waals surface area contributed by atoms with Crippen LogP contribution in [0.2, 0.25) is 0 Å². The van der Waals surface area contributed by atoms with E-state index in [0.29, 0.717) is 0 Å². The molecule has 0 saturated carbocycles. The first-order valence-corrected chi connectivity index (χ1v) is 16.3. The summed E-state index contributed by atoms with van der Waals surface area (Å²) in [6.45, 7) is 7.90. The average Bonchev–Trinajstić information content (AvgIpc) is 2.75. The summed E-state index contributed by atoms with van der Waals surface area (Å²) in [7, 11) is -3.04. The molecule has 31 heavy (non-hydrogen) atoms. The van der Waals surface area contributed by atoms with Crippen molar-refractivity contribution in [2.45, 2.75) is 91.9 Å². The largest absolute Gasteiger partial charge is 0.756 e. The summed E-state index contributed by atoms with van der Waals surface area (Å²) in [5, 5.41) is 0. The van der Waals surface area contributed by atoms with Gasteiger partial charge in [0, 0.05) is 25.7 Å². The van der Waals surface area contributed by atoms with Gasteiger partial charge in [0.1, 0.15) is 0 Å². The molecule has 2 atom stereocenters. The minimum atomic E-state index is -4.46. The first kappa shape index (κ1) is 36.5. The fraction of sp³-hybridized carbons (Fsp3) is 1.00. The van der Waals surface area contributed by atoms with E-state index in [2.05, 4.69) is 67.4 Å². The van der Waals surface area contributed by atoms with E-state index in [-0.39, 0.29) is 0 Å². The van der Waals surface area contributed by atoms with Gasteiger partial charge in [0.05, 0.1) is 0 Å². The van der Waals surface area contributed by atoms with Gasteiger partial charge < -0.3 is 18.8 Å². The van der Waals surface area contributed by atoms with Crippen molar-refractivity contribution in [3.63, 3.8) is 0 Å². The zero-order chi connectivity index (χ0) is 24.4.